The van der Waals surface area contributed by atoms with E-state index in [0.29, 0.717) is 12.1 Å². The maximum Gasteiger partial charge on any atom is 0.0322 e. The standard InChI is InChI=1S/C16H25N/c1-3-8-16(15-9-5-4-6-10-15)17-13(2)14-11-7-12-14/h4-6,9-10,13-14,16-17H,3,7-8,11-12H2,1-2H3. The highest BCUT2D eigenvalue weighted by molar-refractivity contribution is 5.19. The Morgan fingerprint density at radius 3 is 2.47 bits per heavy atom. The molecule has 94 valence electrons. The summed E-state index contributed by atoms with van der Waals surface area (Å²) in [5.41, 5.74) is 1.44. The Morgan fingerprint density at radius 2 is 1.94 bits per heavy atom. The van der Waals surface area contributed by atoms with Gasteiger partial charge in [0.1, 0.15) is 0 Å². The summed E-state index contributed by atoms with van der Waals surface area (Å²) >= 11 is 0. The van der Waals surface area contributed by atoms with Gasteiger partial charge in [0.15, 0.2) is 0 Å². The highest BCUT2D eigenvalue weighted by Gasteiger charge is 2.25. The lowest BCUT2D eigenvalue weighted by molar-refractivity contribution is 0.223. The Hall–Kier alpha value is -0.820. The normalized spacial score (nSPS) is 19.6. The molecule has 0 amide bonds. The van der Waals surface area contributed by atoms with E-state index in [9.17, 15) is 0 Å². The Kier molecular flexibility index (Phi) is 4.61. The molecule has 1 N–H and O–H groups in total. The maximum absolute atomic E-state index is 3.84. The van der Waals surface area contributed by atoms with Crippen molar-refractivity contribution < 1.29 is 0 Å². The molecule has 0 aromatic heterocycles. The van der Waals surface area contributed by atoms with Gasteiger partial charge in [0.05, 0.1) is 0 Å². The van der Waals surface area contributed by atoms with Crippen LogP contribution in [0.25, 0.3) is 0 Å². The molecular formula is C16H25N. The predicted molar refractivity (Wildman–Crippen MR) is 74.0 cm³/mol. The fraction of sp³-hybridized carbons (Fsp3) is 0.625. The average Bonchev–Trinajstić information content (AvgIpc) is 2.27. The van der Waals surface area contributed by atoms with Crippen molar-refractivity contribution in [3.63, 3.8) is 0 Å². The second-order valence-corrected chi connectivity index (χ2v) is 5.40. The summed E-state index contributed by atoms with van der Waals surface area (Å²) in [6.07, 6.45) is 6.75. The first-order valence-corrected chi connectivity index (χ1v) is 7.12. The second kappa shape index (κ2) is 6.20. The minimum Gasteiger partial charge on any atom is -0.307 e. The lowest BCUT2D eigenvalue weighted by Crippen LogP contribution is -2.39. The fourth-order valence-corrected chi connectivity index (χ4v) is 2.71. The van der Waals surface area contributed by atoms with Crippen molar-refractivity contribution in [3.8, 4) is 0 Å². The van der Waals surface area contributed by atoms with Crippen LogP contribution in [-0.2, 0) is 0 Å². The van der Waals surface area contributed by atoms with E-state index in [4.69, 9.17) is 0 Å². The third-order valence-corrected chi connectivity index (χ3v) is 4.10. The third kappa shape index (κ3) is 3.32. The van der Waals surface area contributed by atoms with E-state index in [-0.39, 0.29) is 0 Å². The molecule has 0 heterocycles. The van der Waals surface area contributed by atoms with E-state index in [2.05, 4.69) is 49.5 Å². The lowest BCUT2D eigenvalue weighted by atomic mass is 9.80. The number of benzene rings is 1. The van der Waals surface area contributed by atoms with Crippen molar-refractivity contribution in [1.82, 2.24) is 5.32 Å². The molecule has 0 spiro atoms. The van der Waals surface area contributed by atoms with Crippen molar-refractivity contribution >= 4 is 0 Å². The van der Waals surface area contributed by atoms with Crippen molar-refractivity contribution in [2.75, 3.05) is 0 Å². The van der Waals surface area contributed by atoms with Gasteiger partial charge in [-0.2, -0.15) is 0 Å². The zero-order valence-corrected chi connectivity index (χ0v) is 11.2. The Bertz CT molecular complexity index is 316. The highest BCUT2D eigenvalue weighted by Crippen LogP contribution is 2.31. The topological polar surface area (TPSA) is 12.0 Å². The molecule has 0 radical (unpaired) electrons. The van der Waals surface area contributed by atoms with Gasteiger partial charge in [0.25, 0.3) is 0 Å². The summed E-state index contributed by atoms with van der Waals surface area (Å²) < 4.78 is 0. The van der Waals surface area contributed by atoms with Crippen LogP contribution in [0.3, 0.4) is 0 Å². The van der Waals surface area contributed by atoms with Crippen molar-refractivity contribution in [2.45, 2.75) is 58.0 Å². The van der Waals surface area contributed by atoms with Crippen LogP contribution < -0.4 is 5.32 Å². The van der Waals surface area contributed by atoms with Crippen LogP contribution in [-0.4, -0.2) is 6.04 Å². The molecule has 17 heavy (non-hydrogen) atoms. The van der Waals surface area contributed by atoms with E-state index >= 15 is 0 Å². The van der Waals surface area contributed by atoms with Gasteiger partial charge in [0.2, 0.25) is 0 Å². The molecule has 1 aliphatic carbocycles. The van der Waals surface area contributed by atoms with E-state index in [1.165, 1.54) is 37.7 Å². The Morgan fingerprint density at radius 1 is 1.24 bits per heavy atom. The predicted octanol–water partition coefficient (Wildman–Crippen LogP) is 4.31. The summed E-state index contributed by atoms with van der Waals surface area (Å²) in [4.78, 5) is 0. The Labute approximate surface area is 106 Å². The zero-order valence-electron chi connectivity index (χ0n) is 11.2. The van der Waals surface area contributed by atoms with Gasteiger partial charge in [-0.15, -0.1) is 0 Å². The Balaban J connectivity index is 1.96. The van der Waals surface area contributed by atoms with Gasteiger partial charge in [-0.3, -0.25) is 0 Å². The minimum absolute atomic E-state index is 0.539. The molecule has 2 atom stereocenters. The van der Waals surface area contributed by atoms with Crippen LogP contribution in [0.1, 0.15) is 57.6 Å². The first-order valence-electron chi connectivity index (χ1n) is 7.12. The largest absolute Gasteiger partial charge is 0.307 e. The zero-order chi connectivity index (χ0) is 12.1. The molecule has 1 aromatic rings. The molecule has 2 rings (SSSR count). The van der Waals surface area contributed by atoms with Crippen molar-refractivity contribution in [1.29, 1.82) is 0 Å². The number of rotatable bonds is 6. The van der Waals surface area contributed by atoms with Crippen molar-refractivity contribution in [3.05, 3.63) is 35.9 Å². The summed E-state index contributed by atoms with van der Waals surface area (Å²) in [6.45, 7) is 4.63. The van der Waals surface area contributed by atoms with Gasteiger partial charge >= 0.3 is 0 Å². The smallest absolute Gasteiger partial charge is 0.0322 e. The SMILES string of the molecule is CCCC(NC(C)C1CCC1)c1ccccc1. The van der Waals surface area contributed by atoms with Gasteiger partial charge in [-0.1, -0.05) is 50.1 Å². The van der Waals surface area contributed by atoms with Gasteiger partial charge in [-0.25, -0.2) is 0 Å². The van der Waals surface area contributed by atoms with Crippen molar-refractivity contribution in [2.24, 2.45) is 5.92 Å². The fourth-order valence-electron chi connectivity index (χ4n) is 2.71. The van der Waals surface area contributed by atoms with Crippen LogP contribution in [0.4, 0.5) is 0 Å². The van der Waals surface area contributed by atoms with Crippen LogP contribution in [0.5, 0.6) is 0 Å². The maximum atomic E-state index is 3.84. The molecule has 0 saturated heterocycles. The molecule has 1 aromatic carbocycles. The quantitative estimate of drug-likeness (QED) is 0.769. The number of nitrogens with one attached hydrogen (secondary N) is 1. The molecule has 1 saturated carbocycles. The average molecular weight is 231 g/mol. The molecule has 0 bridgehead atoms. The van der Waals surface area contributed by atoms with E-state index in [1.807, 2.05) is 0 Å². The first-order chi connectivity index (χ1) is 8.31. The van der Waals surface area contributed by atoms with E-state index < -0.39 is 0 Å². The van der Waals surface area contributed by atoms with Gasteiger partial charge in [-0.05, 0) is 37.7 Å². The van der Waals surface area contributed by atoms with E-state index in [0.717, 1.165) is 5.92 Å². The summed E-state index contributed by atoms with van der Waals surface area (Å²) in [5.74, 6) is 0.915. The molecule has 2 unspecified atom stereocenters. The monoisotopic (exact) mass is 231 g/mol. The summed E-state index contributed by atoms with van der Waals surface area (Å²) in [5, 5.41) is 3.84. The number of hydrogen-bond donors (Lipinski definition) is 1. The third-order valence-electron chi connectivity index (χ3n) is 4.10. The molecule has 0 aliphatic heterocycles. The second-order valence-electron chi connectivity index (χ2n) is 5.40. The molecule has 1 fully saturated rings. The highest BCUT2D eigenvalue weighted by atomic mass is 15.0. The van der Waals surface area contributed by atoms with Crippen LogP contribution in [0.15, 0.2) is 30.3 Å². The first kappa shape index (κ1) is 12.6. The van der Waals surface area contributed by atoms with E-state index in [1.54, 1.807) is 0 Å². The van der Waals surface area contributed by atoms with Crippen LogP contribution in [0.2, 0.25) is 0 Å². The van der Waals surface area contributed by atoms with Crippen LogP contribution >= 0.6 is 0 Å². The molecule has 1 nitrogen and oxygen atoms in total. The van der Waals surface area contributed by atoms with Gasteiger partial charge in [0, 0.05) is 12.1 Å². The molecular weight excluding hydrogens is 206 g/mol. The van der Waals surface area contributed by atoms with Gasteiger partial charge < -0.3 is 5.32 Å². The number of hydrogen-bond acceptors (Lipinski definition) is 1. The summed E-state index contributed by atoms with van der Waals surface area (Å²) in [7, 11) is 0. The molecule has 1 aliphatic rings. The lowest BCUT2D eigenvalue weighted by Gasteiger charge is -2.35. The molecule has 1 heteroatoms. The summed E-state index contributed by atoms with van der Waals surface area (Å²) in [6, 6.07) is 12.1. The minimum atomic E-state index is 0.539. The van der Waals surface area contributed by atoms with Crippen LogP contribution in [0, 0.1) is 5.92 Å².